The largest absolute Gasteiger partial charge is 0.452 e. The van der Waals surface area contributed by atoms with Crippen molar-refractivity contribution in [3.05, 3.63) is 76.1 Å². The molecule has 0 spiro atoms. The summed E-state index contributed by atoms with van der Waals surface area (Å²) in [6, 6.07) is 14.3. The van der Waals surface area contributed by atoms with Crippen LogP contribution in [0.5, 0.6) is 0 Å². The normalized spacial score (nSPS) is 10.4. The van der Waals surface area contributed by atoms with E-state index >= 15 is 0 Å². The molecule has 0 fully saturated rings. The monoisotopic (exact) mass is 393 g/mol. The van der Waals surface area contributed by atoms with Gasteiger partial charge >= 0.3 is 5.97 Å². The summed E-state index contributed by atoms with van der Waals surface area (Å²) in [5.41, 5.74) is 0.935. The molecule has 3 N–H and O–H groups in total. The van der Waals surface area contributed by atoms with Crippen molar-refractivity contribution >= 4 is 34.4 Å². The van der Waals surface area contributed by atoms with Gasteiger partial charge in [-0.3, -0.25) is 14.4 Å². The number of benzene rings is 2. The Bertz CT molecular complexity index is 1140. The van der Waals surface area contributed by atoms with E-state index in [1.54, 1.807) is 42.5 Å². The Kier molecular flexibility index (Phi) is 6.03. The maximum absolute atomic E-state index is 12.4. The number of carbonyl (C=O) groups excluding carboxylic acids is 3. The van der Waals surface area contributed by atoms with Crippen molar-refractivity contribution in [2.24, 2.45) is 0 Å². The Balaban J connectivity index is 1.66. The zero-order chi connectivity index (χ0) is 20.8. The first-order valence-corrected chi connectivity index (χ1v) is 8.95. The number of aromatic amines is 1. The summed E-state index contributed by atoms with van der Waals surface area (Å²) in [5.74, 6) is -1.60. The van der Waals surface area contributed by atoms with E-state index in [4.69, 9.17) is 4.74 Å². The first-order chi connectivity index (χ1) is 14.0. The van der Waals surface area contributed by atoms with Gasteiger partial charge < -0.3 is 20.4 Å². The molecule has 0 aliphatic carbocycles. The summed E-state index contributed by atoms with van der Waals surface area (Å²) >= 11 is 0. The molecule has 0 unspecified atom stereocenters. The van der Waals surface area contributed by atoms with Crippen LogP contribution in [0.4, 0.5) is 5.69 Å². The summed E-state index contributed by atoms with van der Waals surface area (Å²) in [7, 11) is 0. The van der Waals surface area contributed by atoms with E-state index in [-0.39, 0.29) is 11.5 Å². The van der Waals surface area contributed by atoms with E-state index in [0.29, 0.717) is 28.7 Å². The lowest BCUT2D eigenvalue weighted by Gasteiger charge is -2.09. The van der Waals surface area contributed by atoms with Crippen LogP contribution in [0.25, 0.3) is 10.9 Å². The zero-order valence-corrected chi connectivity index (χ0v) is 15.7. The minimum atomic E-state index is -0.779. The molecule has 2 aromatic carbocycles. The minimum Gasteiger partial charge on any atom is -0.452 e. The highest BCUT2D eigenvalue weighted by Gasteiger charge is 2.15. The molecule has 0 aliphatic heterocycles. The number of ether oxygens (including phenoxy) is 1. The van der Waals surface area contributed by atoms with Gasteiger partial charge in [0, 0.05) is 34.8 Å². The number of para-hydroxylation sites is 1. The number of carbonyl (C=O) groups is 3. The van der Waals surface area contributed by atoms with Crippen LogP contribution >= 0.6 is 0 Å². The molecule has 0 saturated carbocycles. The van der Waals surface area contributed by atoms with Gasteiger partial charge in [0.1, 0.15) is 0 Å². The lowest BCUT2D eigenvalue weighted by atomic mass is 10.1. The number of rotatable bonds is 6. The first kappa shape index (κ1) is 19.8. The quantitative estimate of drug-likeness (QED) is 0.554. The molecule has 0 saturated heterocycles. The van der Waals surface area contributed by atoms with Gasteiger partial charge in [0.25, 0.3) is 11.8 Å². The van der Waals surface area contributed by atoms with Crippen LogP contribution in [-0.2, 0) is 9.53 Å². The number of H-pyrrole nitrogens is 1. The maximum Gasteiger partial charge on any atom is 0.339 e. The molecule has 29 heavy (non-hydrogen) atoms. The van der Waals surface area contributed by atoms with Crippen LogP contribution in [0, 0.1) is 0 Å². The summed E-state index contributed by atoms with van der Waals surface area (Å²) in [6.45, 7) is 1.76. The molecule has 3 aromatic rings. The average molecular weight is 393 g/mol. The lowest BCUT2D eigenvalue weighted by Crippen LogP contribution is -2.24. The topological polar surface area (TPSA) is 117 Å². The third-order valence-corrected chi connectivity index (χ3v) is 4.05. The maximum atomic E-state index is 12.4. The van der Waals surface area contributed by atoms with Crippen molar-refractivity contribution in [1.29, 1.82) is 0 Å². The molecule has 0 radical (unpaired) electrons. The SMILES string of the molecule is CCNC(=O)c1cccc(NC(=O)COC(=O)c2cc(=O)[nH]c3ccccc23)c1. The molecule has 148 valence electrons. The third-order valence-electron chi connectivity index (χ3n) is 4.05. The Morgan fingerprint density at radius 3 is 2.62 bits per heavy atom. The summed E-state index contributed by atoms with van der Waals surface area (Å²) < 4.78 is 5.06. The van der Waals surface area contributed by atoms with Crippen LogP contribution < -0.4 is 16.2 Å². The zero-order valence-electron chi connectivity index (χ0n) is 15.7. The van der Waals surface area contributed by atoms with Crippen molar-refractivity contribution in [2.75, 3.05) is 18.5 Å². The molecular weight excluding hydrogens is 374 g/mol. The summed E-state index contributed by atoms with van der Waals surface area (Å²) in [5, 5.41) is 5.76. The Morgan fingerprint density at radius 1 is 1.03 bits per heavy atom. The number of hydrogen-bond donors (Lipinski definition) is 3. The van der Waals surface area contributed by atoms with Crippen LogP contribution in [0.3, 0.4) is 0 Å². The van der Waals surface area contributed by atoms with Crippen LogP contribution in [0.1, 0.15) is 27.6 Å². The summed E-state index contributed by atoms with van der Waals surface area (Å²) in [6.07, 6.45) is 0. The highest BCUT2D eigenvalue weighted by Crippen LogP contribution is 2.16. The van der Waals surface area contributed by atoms with Gasteiger partial charge in [-0.1, -0.05) is 24.3 Å². The molecule has 0 aliphatic rings. The standard InChI is InChI=1S/C21H19N3O5/c1-2-22-20(27)13-6-5-7-14(10-13)23-19(26)12-29-21(28)16-11-18(25)24-17-9-4-3-8-15(16)17/h3-11H,2,12H2,1H3,(H,22,27)(H,23,26)(H,24,25). The van der Waals surface area contributed by atoms with Crippen molar-refractivity contribution in [3.8, 4) is 0 Å². The highest BCUT2D eigenvalue weighted by atomic mass is 16.5. The molecule has 1 aromatic heterocycles. The lowest BCUT2D eigenvalue weighted by molar-refractivity contribution is -0.119. The van der Waals surface area contributed by atoms with Gasteiger partial charge in [-0.15, -0.1) is 0 Å². The smallest absolute Gasteiger partial charge is 0.339 e. The van der Waals surface area contributed by atoms with E-state index in [0.717, 1.165) is 6.07 Å². The van der Waals surface area contributed by atoms with E-state index in [9.17, 15) is 19.2 Å². The molecule has 2 amide bonds. The highest BCUT2D eigenvalue weighted by molar-refractivity contribution is 6.04. The van der Waals surface area contributed by atoms with Crippen molar-refractivity contribution in [2.45, 2.75) is 6.92 Å². The second-order valence-corrected chi connectivity index (χ2v) is 6.16. The van der Waals surface area contributed by atoms with E-state index in [1.807, 2.05) is 6.92 Å². The number of anilines is 1. The fourth-order valence-electron chi connectivity index (χ4n) is 2.78. The fraction of sp³-hybridized carbons (Fsp3) is 0.143. The number of fused-ring (bicyclic) bond motifs is 1. The second-order valence-electron chi connectivity index (χ2n) is 6.16. The number of esters is 1. The van der Waals surface area contributed by atoms with E-state index in [1.165, 1.54) is 6.07 Å². The Morgan fingerprint density at radius 2 is 1.83 bits per heavy atom. The predicted octanol–water partition coefficient (Wildman–Crippen LogP) is 2.07. The van der Waals surface area contributed by atoms with Crippen molar-refractivity contribution < 1.29 is 19.1 Å². The number of amides is 2. The minimum absolute atomic E-state index is 0.0791. The predicted molar refractivity (Wildman–Crippen MR) is 108 cm³/mol. The number of hydrogen-bond acceptors (Lipinski definition) is 5. The molecule has 8 nitrogen and oxygen atoms in total. The average Bonchev–Trinajstić information content (AvgIpc) is 2.71. The molecule has 3 rings (SSSR count). The fourth-order valence-corrected chi connectivity index (χ4v) is 2.78. The van der Waals surface area contributed by atoms with Gasteiger partial charge in [-0.2, -0.15) is 0 Å². The van der Waals surface area contributed by atoms with Crippen LogP contribution in [0.2, 0.25) is 0 Å². The van der Waals surface area contributed by atoms with E-state index in [2.05, 4.69) is 15.6 Å². The van der Waals surface area contributed by atoms with Crippen LogP contribution in [0.15, 0.2) is 59.4 Å². The Hall–Kier alpha value is -3.94. The van der Waals surface area contributed by atoms with Gasteiger partial charge in [0.2, 0.25) is 5.56 Å². The third kappa shape index (κ3) is 4.86. The number of pyridine rings is 1. The first-order valence-electron chi connectivity index (χ1n) is 8.95. The van der Waals surface area contributed by atoms with Crippen molar-refractivity contribution in [1.82, 2.24) is 10.3 Å². The van der Waals surface area contributed by atoms with Crippen molar-refractivity contribution in [3.63, 3.8) is 0 Å². The molecule has 8 heteroatoms. The van der Waals surface area contributed by atoms with Gasteiger partial charge in [-0.05, 0) is 31.2 Å². The molecule has 0 bridgehead atoms. The summed E-state index contributed by atoms with van der Waals surface area (Å²) in [4.78, 5) is 50.7. The van der Waals surface area contributed by atoms with Gasteiger partial charge in [0.05, 0.1) is 5.56 Å². The second kappa shape index (κ2) is 8.83. The van der Waals surface area contributed by atoms with Gasteiger partial charge in [0.15, 0.2) is 6.61 Å². The molecule has 1 heterocycles. The molecule has 0 atom stereocenters. The van der Waals surface area contributed by atoms with Crippen LogP contribution in [-0.4, -0.2) is 35.9 Å². The Labute approximate surface area is 165 Å². The van der Waals surface area contributed by atoms with Gasteiger partial charge in [-0.25, -0.2) is 4.79 Å². The number of aromatic nitrogens is 1. The number of nitrogens with one attached hydrogen (secondary N) is 3. The molecular formula is C21H19N3O5. The van der Waals surface area contributed by atoms with E-state index < -0.39 is 24.0 Å².